The zero-order valence-electron chi connectivity index (χ0n) is 12.3. The summed E-state index contributed by atoms with van der Waals surface area (Å²) in [4.78, 5) is 20.2. The number of thiazole rings is 1. The van der Waals surface area contributed by atoms with Crippen LogP contribution in [0.4, 0.5) is 0 Å². The number of carbonyl (C=O) groups excluding carboxylic acids is 1. The van der Waals surface area contributed by atoms with Gasteiger partial charge in [-0.3, -0.25) is 4.79 Å². The van der Waals surface area contributed by atoms with Crippen LogP contribution in [-0.4, -0.2) is 28.4 Å². The van der Waals surface area contributed by atoms with E-state index < -0.39 is 0 Å². The Bertz CT molecular complexity index is 608. The van der Waals surface area contributed by atoms with Gasteiger partial charge < -0.3 is 4.90 Å². The van der Waals surface area contributed by atoms with E-state index in [2.05, 4.69) is 16.8 Å². The molecule has 21 heavy (non-hydrogen) atoms. The Labute approximate surface area is 129 Å². The van der Waals surface area contributed by atoms with Gasteiger partial charge in [0.2, 0.25) is 0 Å². The van der Waals surface area contributed by atoms with Crippen molar-refractivity contribution in [2.75, 3.05) is 6.54 Å². The summed E-state index contributed by atoms with van der Waals surface area (Å²) in [5.41, 5.74) is 3.62. The van der Waals surface area contributed by atoms with Gasteiger partial charge in [0, 0.05) is 18.2 Å². The highest BCUT2D eigenvalue weighted by molar-refractivity contribution is 7.12. The molecule has 1 atom stereocenters. The lowest BCUT2D eigenvalue weighted by molar-refractivity contribution is 0.0613. The highest BCUT2D eigenvalue weighted by Crippen LogP contribution is 2.29. The van der Waals surface area contributed by atoms with Crippen molar-refractivity contribution in [2.24, 2.45) is 0 Å². The van der Waals surface area contributed by atoms with Gasteiger partial charge in [-0.1, -0.05) is 37.3 Å². The molecule has 1 aliphatic heterocycles. The summed E-state index contributed by atoms with van der Waals surface area (Å²) in [5.74, 6) is 0.155. The highest BCUT2D eigenvalue weighted by Gasteiger charge is 2.29. The Morgan fingerprint density at radius 3 is 2.90 bits per heavy atom. The van der Waals surface area contributed by atoms with Crippen molar-refractivity contribution in [3.63, 3.8) is 0 Å². The van der Waals surface area contributed by atoms with Crippen LogP contribution in [-0.2, 0) is 0 Å². The second-order valence-electron chi connectivity index (χ2n) is 5.45. The fourth-order valence-electron chi connectivity index (χ4n) is 3.02. The molecule has 110 valence electrons. The van der Waals surface area contributed by atoms with Crippen molar-refractivity contribution in [1.29, 1.82) is 0 Å². The number of benzene rings is 1. The van der Waals surface area contributed by atoms with Crippen LogP contribution in [0.2, 0.25) is 0 Å². The Balaban J connectivity index is 1.90. The topological polar surface area (TPSA) is 33.2 Å². The van der Waals surface area contributed by atoms with Crippen molar-refractivity contribution in [1.82, 2.24) is 9.88 Å². The van der Waals surface area contributed by atoms with Crippen molar-refractivity contribution >= 4 is 17.2 Å². The molecule has 1 aliphatic rings. The van der Waals surface area contributed by atoms with E-state index in [-0.39, 0.29) is 5.91 Å². The molecule has 3 rings (SSSR count). The van der Waals surface area contributed by atoms with E-state index in [9.17, 15) is 4.79 Å². The normalized spacial score (nSPS) is 18.7. The van der Waals surface area contributed by atoms with Gasteiger partial charge in [-0.05, 0) is 25.7 Å². The second kappa shape index (κ2) is 6.39. The van der Waals surface area contributed by atoms with Gasteiger partial charge in [-0.15, -0.1) is 11.3 Å². The van der Waals surface area contributed by atoms with Crippen LogP contribution in [0.25, 0.3) is 11.3 Å². The molecule has 1 aromatic carbocycles. The number of nitrogens with zero attached hydrogens (tertiary/aromatic N) is 2. The number of piperidine rings is 1. The van der Waals surface area contributed by atoms with E-state index >= 15 is 0 Å². The van der Waals surface area contributed by atoms with Crippen molar-refractivity contribution in [3.05, 3.63) is 40.7 Å². The molecule has 1 aromatic heterocycles. The molecule has 2 aromatic rings. The molecule has 3 nitrogen and oxygen atoms in total. The van der Waals surface area contributed by atoms with E-state index in [1.165, 1.54) is 17.8 Å². The second-order valence-corrected chi connectivity index (χ2v) is 6.31. The van der Waals surface area contributed by atoms with Gasteiger partial charge in [0.1, 0.15) is 4.88 Å². The summed E-state index contributed by atoms with van der Waals surface area (Å²) >= 11 is 1.46. The lowest BCUT2D eigenvalue weighted by Crippen LogP contribution is -2.43. The number of aromatic nitrogens is 1. The quantitative estimate of drug-likeness (QED) is 0.850. The van der Waals surface area contributed by atoms with Gasteiger partial charge in [-0.2, -0.15) is 0 Å². The molecule has 0 aliphatic carbocycles. The van der Waals surface area contributed by atoms with Crippen molar-refractivity contribution in [3.8, 4) is 11.3 Å². The first-order chi connectivity index (χ1) is 10.3. The van der Waals surface area contributed by atoms with E-state index in [0.717, 1.165) is 41.9 Å². The Morgan fingerprint density at radius 1 is 1.33 bits per heavy atom. The van der Waals surface area contributed by atoms with Crippen LogP contribution < -0.4 is 0 Å². The zero-order chi connectivity index (χ0) is 14.7. The van der Waals surface area contributed by atoms with Gasteiger partial charge in [0.15, 0.2) is 0 Å². The molecule has 0 spiro atoms. The third-order valence-electron chi connectivity index (χ3n) is 4.17. The maximum Gasteiger partial charge on any atom is 0.266 e. The molecule has 1 amide bonds. The number of amides is 1. The van der Waals surface area contributed by atoms with E-state index in [4.69, 9.17) is 0 Å². The Kier molecular flexibility index (Phi) is 4.34. The largest absolute Gasteiger partial charge is 0.335 e. The molecule has 0 bridgehead atoms. The molecule has 1 saturated heterocycles. The fraction of sp³-hybridized carbons (Fsp3) is 0.412. The van der Waals surface area contributed by atoms with Crippen LogP contribution >= 0.6 is 11.3 Å². The van der Waals surface area contributed by atoms with E-state index in [1.807, 2.05) is 30.3 Å². The summed E-state index contributed by atoms with van der Waals surface area (Å²) in [5, 5.41) is 0. The zero-order valence-corrected chi connectivity index (χ0v) is 13.1. The SMILES string of the molecule is CCC1CCCCN1C(=O)c1scnc1-c1ccccc1. The highest BCUT2D eigenvalue weighted by atomic mass is 32.1. The molecular weight excluding hydrogens is 280 g/mol. The minimum atomic E-state index is 0.155. The number of rotatable bonds is 3. The first kappa shape index (κ1) is 14.3. The van der Waals surface area contributed by atoms with Gasteiger partial charge >= 0.3 is 0 Å². The molecule has 1 unspecified atom stereocenters. The third kappa shape index (κ3) is 2.86. The van der Waals surface area contributed by atoms with Crippen LogP contribution in [0.3, 0.4) is 0 Å². The van der Waals surface area contributed by atoms with E-state index in [1.54, 1.807) is 5.51 Å². The predicted octanol–water partition coefficient (Wildman–Crippen LogP) is 4.21. The van der Waals surface area contributed by atoms with Gasteiger partial charge in [0.25, 0.3) is 5.91 Å². The maximum absolute atomic E-state index is 12.9. The summed E-state index contributed by atoms with van der Waals surface area (Å²) in [6.45, 7) is 3.05. The van der Waals surface area contributed by atoms with Gasteiger partial charge in [0.05, 0.1) is 11.2 Å². The van der Waals surface area contributed by atoms with Crippen LogP contribution in [0.15, 0.2) is 35.8 Å². The summed E-state index contributed by atoms with van der Waals surface area (Å²) < 4.78 is 0. The van der Waals surface area contributed by atoms with Crippen LogP contribution in [0.1, 0.15) is 42.3 Å². The van der Waals surface area contributed by atoms with Crippen molar-refractivity contribution < 1.29 is 4.79 Å². The first-order valence-electron chi connectivity index (χ1n) is 7.61. The van der Waals surface area contributed by atoms with Gasteiger partial charge in [-0.25, -0.2) is 4.98 Å². The Morgan fingerprint density at radius 2 is 2.14 bits per heavy atom. The molecule has 1 fully saturated rings. The molecule has 2 heterocycles. The van der Waals surface area contributed by atoms with Crippen molar-refractivity contribution in [2.45, 2.75) is 38.6 Å². The average molecular weight is 300 g/mol. The third-order valence-corrected chi connectivity index (χ3v) is 4.98. The molecule has 0 N–H and O–H groups in total. The molecule has 4 heteroatoms. The number of carbonyl (C=O) groups is 1. The molecular formula is C17H20N2OS. The number of hydrogen-bond acceptors (Lipinski definition) is 3. The summed E-state index contributed by atoms with van der Waals surface area (Å²) in [6.07, 6.45) is 4.51. The lowest BCUT2D eigenvalue weighted by atomic mass is 9.99. The van der Waals surface area contributed by atoms with Crippen LogP contribution in [0, 0.1) is 0 Å². The molecule has 0 radical (unpaired) electrons. The molecule has 0 saturated carbocycles. The minimum Gasteiger partial charge on any atom is -0.335 e. The minimum absolute atomic E-state index is 0.155. The lowest BCUT2D eigenvalue weighted by Gasteiger charge is -2.35. The average Bonchev–Trinajstić information content (AvgIpc) is 3.04. The monoisotopic (exact) mass is 300 g/mol. The summed E-state index contributed by atoms with van der Waals surface area (Å²) in [6, 6.07) is 10.4. The van der Waals surface area contributed by atoms with E-state index in [0.29, 0.717) is 6.04 Å². The standard InChI is InChI=1S/C17H20N2OS/c1-2-14-10-6-7-11-19(14)17(20)16-15(18-12-21-16)13-8-4-3-5-9-13/h3-5,8-9,12,14H,2,6-7,10-11H2,1H3. The smallest absolute Gasteiger partial charge is 0.266 e. The summed E-state index contributed by atoms with van der Waals surface area (Å²) in [7, 11) is 0. The first-order valence-corrected chi connectivity index (χ1v) is 8.49. The predicted molar refractivity (Wildman–Crippen MR) is 86.5 cm³/mol. The number of hydrogen-bond donors (Lipinski definition) is 0. The Hall–Kier alpha value is -1.68. The maximum atomic E-state index is 12.9. The van der Waals surface area contributed by atoms with Crippen LogP contribution in [0.5, 0.6) is 0 Å². The fourth-order valence-corrected chi connectivity index (χ4v) is 3.79. The number of likely N-dealkylation sites (tertiary alicyclic amines) is 1.